The molecule has 0 amide bonds. The minimum absolute atomic E-state index is 0.574. The van der Waals surface area contributed by atoms with Crippen molar-refractivity contribution in [1.82, 2.24) is 9.38 Å². The van der Waals surface area contributed by atoms with Gasteiger partial charge in [-0.3, -0.25) is 4.40 Å². The molecule has 0 atom stereocenters. The minimum atomic E-state index is 0.574. The van der Waals surface area contributed by atoms with Crippen molar-refractivity contribution in [2.24, 2.45) is 0 Å². The number of nitrogens with one attached hydrogen (secondary N) is 1. The van der Waals surface area contributed by atoms with E-state index in [-0.39, 0.29) is 0 Å². The Labute approximate surface area is 140 Å². The van der Waals surface area contributed by atoms with Gasteiger partial charge in [0, 0.05) is 23.1 Å². The van der Waals surface area contributed by atoms with Crippen LogP contribution in [0.1, 0.15) is 5.56 Å². The lowest BCUT2D eigenvalue weighted by atomic mass is 10.2. The zero-order valence-electron chi connectivity index (χ0n) is 12.2. The Morgan fingerprint density at radius 1 is 1.26 bits per heavy atom. The first kappa shape index (κ1) is 13.9. The molecule has 0 saturated carbocycles. The first-order valence-corrected chi connectivity index (χ1v) is 7.78. The van der Waals surface area contributed by atoms with Gasteiger partial charge in [0.1, 0.15) is 22.7 Å². The van der Waals surface area contributed by atoms with Crippen LogP contribution < -0.4 is 5.32 Å². The lowest BCUT2D eigenvalue weighted by Gasteiger charge is -2.01. The molecule has 0 unspecified atom stereocenters. The molecule has 1 aromatic carbocycles. The number of nitriles is 1. The van der Waals surface area contributed by atoms with Gasteiger partial charge in [0.25, 0.3) is 0 Å². The van der Waals surface area contributed by atoms with E-state index < -0.39 is 0 Å². The maximum absolute atomic E-state index is 9.04. The number of rotatable bonds is 2. The predicted octanol–water partition coefficient (Wildman–Crippen LogP) is 4.42. The van der Waals surface area contributed by atoms with Crippen molar-refractivity contribution in [2.75, 3.05) is 12.4 Å². The van der Waals surface area contributed by atoms with Crippen LogP contribution in [0.15, 0.2) is 51.5 Å². The van der Waals surface area contributed by atoms with Gasteiger partial charge < -0.3 is 9.73 Å². The van der Waals surface area contributed by atoms with Gasteiger partial charge in [-0.2, -0.15) is 5.26 Å². The van der Waals surface area contributed by atoms with Crippen LogP contribution in [-0.4, -0.2) is 16.4 Å². The lowest BCUT2D eigenvalue weighted by molar-refractivity contribution is 0.629. The Hall–Kier alpha value is -2.78. The number of halogens is 1. The molecule has 0 saturated heterocycles. The zero-order chi connectivity index (χ0) is 16.0. The summed E-state index contributed by atoms with van der Waals surface area (Å²) in [6.45, 7) is 0. The number of nitrogens with zero attached hydrogens (tertiary/aromatic N) is 3. The highest BCUT2D eigenvalue weighted by Gasteiger charge is 2.17. The molecule has 3 heterocycles. The van der Waals surface area contributed by atoms with E-state index in [1.165, 1.54) is 0 Å². The molecular formula is C17H11BrN4O. The maximum atomic E-state index is 9.04. The van der Waals surface area contributed by atoms with Crippen LogP contribution in [-0.2, 0) is 0 Å². The first-order valence-electron chi connectivity index (χ1n) is 6.99. The lowest BCUT2D eigenvalue weighted by Crippen LogP contribution is -1.95. The number of anilines is 1. The molecule has 4 aromatic rings. The smallest absolute Gasteiger partial charge is 0.157 e. The highest BCUT2D eigenvalue weighted by Crippen LogP contribution is 2.34. The van der Waals surface area contributed by atoms with Crippen molar-refractivity contribution in [1.29, 1.82) is 5.26 Å². The van der Waals surface area contributed by atoms with Crippen molar-refractivity contribution in [2.45, 2.75) is 0 Å². The van der Waals surface area contributed by atoms with Crippen molar-refractivity contribution in [3.8, 4) is 17.5 Å². The summed E-state index contributed by atoms with van der Waals surface area (Å²) in [5.74, 6) is 1.51. The average molecular weight is 367 g/mol. The van der Waals surface area contributed by atoms with Gasteiger partial charge in [0.15, 0.2) is 5.76 Å². The second-order valence-electron chi connectivity index (χ2n) is 5.11. The van der Waals surface area contributed by atoms with E-state index in [0.29, 0.717) is 17.0 Å². The van der Waals surface area contributed by atoms with E-state index in [1.807, 2.05) is 41.9 Å². The summed E-state index contributed by atoms with van der Waals surface area (Å²) in [4.78, 5) is 4.62. The van der Waals surface area contributed by atoms with E-state index >= 15 is 0 Å². The zero-order valence-corrected chi connectivity index (χ0v) is 13.8. The third kappa shape index (κ3) is 2.17. The SMILES string of the molecule is CNc1c(-c2cc3cc(Br)ccc3o2)nc2cc(C#N)ccn12. The Kier molecular flexibility index (Phi) is 3.10. The number of hydrogen-bond acceptors (Lipinski definition) is 4. The number of aromatic nitrogens is 2. The fourth-order valence-corrected chi connectivity index (χ4v) is 3.03. The largest absolute Gasteiger partial charge is 0.454 e. The summed E-state index contributed by atoms with van der Waals surface area (Å²) in [6, 6.07) is 13.5. The quantitative estimate of drug-likeness (QED) is 0.570. The number of fused-ring (bicyclic) bond motifs is 2. The number of furan rings is 1. The summed E-state index contributed by atoms with van der Waals surface area (Å²) in [6.07, 6.45) is 1.83. The van der Waals surface area contributed by atoms with Crippen molar-refractivity contribution in [3.05, 3.63) is 52.6 Å². The fraction of sp³-hybridized carbons (Fsp3) is 0.0588. The molecule has 112 valence electrons. The van der Waals surface area contributed by atoms with Crippen molar-refractivity contribution in [3.63, 3.8) is 0 Å². The molecule has 5 nitrogen and oxygen atoms in total. The first-order chi connectivity index (χ1) is 11.2. The van der Waals surface area contributed by atoms with Crippen LogP contribution in [0.25, 0.3) is 28.1 Å². The van der Waals surface area contributed by atoms with Gasteiger partial charge in [0.05, 0.1) is 11.6 Å². The van der Waals surface area contributed by atoms with E-state index in [4.69, 9.17) is 9.68 Å². The molecule has 23 heavy (non-hydrogen) atoms. The van der Waals surface area contributed by atoms with E-state index in [0.717, 1.165) is 27.0 Å². The van der Waals surface area contributed by atoms with Crippen LogP contribution in [0.2, 0.25) is 0 Å². The Morgan fingerprint density at radius 2 is 2.13 bits per heavy atom. The van der Waals surface area contributed by atoms with Crippen LogP contribution in [0.3, 0.4) is 0 Å². The van der Waals surface area contributed by atoms with Crippen LogP contribution in [0.5, 0.6) is 0 Å². The molecule has 6 heteroatoms. The van der Waals surface area contributed by atoms with Gasteiger partial charge in [-0.05, 0) is 36.4 Å². The number of benzene rings is 1. The molecule has 1 N–H and O–H groups in total. The van der Waals surface area contributed by atoms with Crippen LogP contribution in [0, 0.1) is 11.3 Å². The number of hydrogen-bond donors (Lipinski definition) is 1. The van der Waals surface area contributed by atoms with Crippen LogP contribution >= 0.6 is 15.9 Å². The monoisotopic (exact) mass is 366 g/mol. The van der Waals surface area contributed by atoms with Crippen molar-refractivity contribution < 1.29 is 4.42 Å². The van der Waals surface area contributed by atoms with Gasteiger partial charge in [-0.15, -0.1) is 0 Å². The predicted molar refractivity (Wildman–Crippen MR) is 92.4 cm³/mol. The molecule has 0 radical (unpaired) electrons. The topological polar surface area (TPSA) is 66.3 Å². The van der Waals surface area contributed by atoms with E-state index in [9.17, 15) is 0 Å². The Bertz CT molecular complexity index is 1090. The standard InChI is InChI=1S/C17H11BrN4O/c1-20-17-16(21-15-6-10(9-19)4-5-22(15)17)14-8-11-7-12(18)2-3-13(11)23-14/h2-8,20H,1H3. The van der Waals surface area contributed by atoms with Gasteiger partial charge >= 0.3 is 0 Å². The summed E-state index contributed by atoms with van der Waals surface area (Å²) in [5.41, 5.74) is 2.80. The molecule has 0 aliphatic rings. The third-order valence-corrected chi connectivity index (χ3v) is 4.20. The molecule has 0 bridgehead atoms. The summed E-state index contributed by atoms with van der Waals surface area (Å²) in [5, 5.41) is 13.2. The molecule has 0 aliphatic carbocycles. The second-order valence-corrected chi connectivity index (χ2v) is 6.02. The average Bonchev–Trinajstić information content (AvgIpc) is 3.13. The molecule has 0 aliphatic heterocycles. The molecule has 3 aromatic heterocycles. The Morgan fingerprint density at radius 3 is 2.91 bits per heavy atom. The van der Waals surface area contributed by atoms with Gasteiger partial charge in [0.2, 0.25) is 0 Å². The fourth-order valence-electron chi connectivity index (χ4n) is 2.66. The number of imidazole rings is 1. The molecule has 0 fully saturated rings. The highest BCUT2D eigenvalue weighted by atomic mass is 79.9. The molecular weight excluding hydrogens is 356 g/mol. The Balaban J connectivity index is 1.97. The van der Waals surface area contributed by atoms with Gasteiger partial charge in [-0.25, -0.2) is 4.98 Å². The minimum Gasteiger partial charge on any atom is -0.454 e. The van der Waals surface area contributed by atoms with Gasteiger partial charge in [-0.1, -0.05) is 15.9 Å². The summed E-state index contributed by atoms with van der Waals surface area (Å²) in [7, 11) is 1.84. The van der Waals surface area contributed by atoms with Crippen LogP contribution in [0.4, 0.5) is 5.82 Å². The summed E-state index contributed by atoms with van der Waals surface area (Å²) >= 11 is 3.47. The normalized spacial score (nSPS) is 11.0. The maximum Gasteiger partial charge on any atom is 0.157 e. The van der Waals surface area contributed by atoms with E-state index in [1.54, 1.807) is 12.1 Å². The molecule has 4 rings (SSSR count). The molecule has 0 spiro atoms. The van der Waals surface area contributed by atoms with E-state index in [2.05, 4.69) is 32.3 Å². The number of pyridine rings is 1. The van der Waals surface area contributed by atoms with Crippen molar-refractivity contribution >= 4 is 38.4 Å². The summed E-state index contributed by atoms with van der Waals surface area (Å²) < 4.78 is 8.84. The highest BCUT2D eigenvalue weighted by molar-refractivity contribution is 9.10. The third-order valence-electron chi connectivity index (χ3n) is 3.70. The second kappa shape index (κ2) is 5.14.